The molecule has 2 atom stereocenters. The first-order valence-corrected chi connectivity index (χ1v) is 6.71. The summed E-state index contributed by atoms with van der Waals surface area (Å²) in [7, 11) is 1.35. The van der Waals surface area contributed by atoms with Gasteiger partial charge in [0.1, 0.15) is 6.10 Å². The summed E-state index contributed by atoms with van der Waals surface area (Å²) in [5.74, 6) is 4.04. The number of hydrogen-bond acceptors (Lipinski definition) is 4. The van der Waals surface area contributed by atoms with Gasteiger partial charge in [-0.25, -0.2) is 4.79 Å². The SMILES string of the molecule is COC(=O)[C@@H]1CC=C[C@H](OC(=O)C#Cc2ccccc2)C1. The first-order valence-electron chi connectivity index (χ1n) is 6.71. The second-order valence-electron chi connectivity index (χ2n) is 4.68. The van der Waals surface area contributed by atoms with Crippen molar-refractivity contribution in [2.75, 3.05) is 7.11 Å². The summed E-state index contributed by atoms with van der Waals surface area (Å²) in [6.07, 6.45) is 4.22. The summed E-state index contributed by atoms with van der Waals surface area (Å²) in [5, 5.41) is 0. The largest absolute Gasteiger partial charge is 0.469 e. The summed E-state index contributed by atoms with van der Waals surface area (Å²) in [6.45, 7) is 0. The molecule has 0 saturated heterocycles. The van der Waals surface area contributed by atoms with Gasteiger partial charge in [0.2, 0.25) is 0 Å². The Labute approximate surface area is 123 Å². The van der Waals surface area contributed by atoms with Gasteiger partial charge in [0.25, 0.3) is 0 Å². The summed E-state index contributed by atoms with van der Waals surface area (Å²) in [5.41, 5.74) is 0.751. The Hall–Kier alpha value is -2.54. The van der Waals surface area contributed by atoms with Crippen LogP contribution in [0.15, 0.2) is 42.5 Å². The molecule has 0 spiro atoms. The molecule has 0 heterocycles. The first-order chi connectivity index (χ1) is 10.2. The maximum atomic E-state index is 11.7. The summed E-state index contributed by atoms with van der Waals surface area (Å²) in [6, 6.07) is 9.20. The van der Waals surface area contributed by atoms with Gasteiger partial charge in [-0.2, -0.15) is 0 Å². The molecule has 1 aromatic carbocycles. The van der Waals surface area contributed by atoms with Crippen LogP contribution >= 0.6 is 0 Å². The molecule has 108 valence electrons. The maximum Gasteiger partial charge on any atom is 0.385 e. The number of benzene rings is 1. The highest BCUT2D eigenvalue weighted by atomic mass is 16.5. The minimum Gasteiger partial charge on any atom is -0.469 e. The predicted octanol–water partition coefficient (Wildman–Crippen LogP) is 2.09. The lowest BCUT2D eigenvalue weighted by atomic mass is 9.92. The molecule has 0 saturated carbocycles. The van der Waals surface area contributed by atoms with E-state index in [1.54, 1.807) is 6.08 Å². The molecule has 0 N–H and O–H groups in total. The number of esters is 2. The van der Waals surface area contributed by atoms with Crippen molar-refractivity contribution in [3.63, 3.8) is 0 Å². The van der Waals surface area contributed by atoms with Crippen LogP contribution in [0.1, 0.15) is 18.4 Å². The quantitative estimate of drug-likeness (QED) is 0.474. The number of hydrogen-bond donors (Lipinski definition) is 0. The van der Waals surface area contributed by atoms with Gasteiger partial charge in [-0.1, -0.05) is 30.2 Å². The molecule has 0 amide bonds. The Morgan fingerprint density at radius 1 is 1.24 bits per heavy atom. The van der Waals surface area contributed by atoms with Crippen molar-refractivity contribution in [2.45, 2.75) is 18.9 Å². The molecule has 0 aliphatic heterocycles. The molecule has 0 radical (unpaired) electrons. The number of carbonyl (C=O) groups is 2. The highest BCUT2D eigenvalue weighted by Crippen LogP contribution is 2.22. The number of ether oxygens (including phenoxy) is 2. The van der Waals surface area contributed by atoms with Gasteiger partial charge in [0, 0.05) is 17.9 Å². The fourth-order valence-electron chi connectivity index (χ4n) is 2.11. The lowest BCUT2D eigenvalue weighted by Crippen LogP contribution is -2.27. The molecular weight excluding hydrogens is 268 g/mol. The van der Waals surface area contributed by atoms with E-state index in [0.717, 1.165) is 5.56 Å². The van der Waals surface area contributed by atoms with Crippen molar-refractivity contribution < 1.29 is 19.1 Å². The van der Waals surface area contributed by atoms with Gasteiger partial charge >= 0.3 is 11.9 Å². The van der Waals surface area contributed by atoms with E-state index in [0.29, 0.717) is 12.8 Å². The van der Waals surface area contributed by atoms with Crippen molar-refractivity contribution in [1.82, 2.24) is 0 Å². The van der Waals surface area contributed by atoms with Crippen molar-refractivity contribution >= 4 is 11.9 Å². The zero-order chi connectivity index (χ0) is 15.1. The van der Waals surface area contributed by atoms with E-state index in [1.807, 2.05) is 36.4 Å². The summed E-state index contributed by atoms with van der Waals surface area (Å²) >= 11 is 0. The van der Waals surface area contributed by atoms with E-state index < -0.39 is 12.1 Å². The van der Waals surface area contributed by atoms with Crippen molar-refractivity contribution in [2.24, 2.45) is 5.92 Å². The van der Waals surface area contributed by atoms with E-state index in [9.17, 15) is 9.59 Å². The Morgan fingerprint density at radius 3 is 2.71 bits per heavy atom. The van der Waals surface area contributed by atoms with Gasteiger partial charge < -0.3 is 9.47 Å². The van der Waals surface area contributed by atoms with E-state index in [-0.39, 0.29) is 11.9 Å². The van der Waals surface area contributed by atoms with Crippen molar-refractivity contribution in [3.8, 4) is 11.8 Å². The van der Waals surface area contributed by atoms with Crippen LogP contribution in [-0.4, -0.2) is 25.2 Å². The molecule has 0 bridgehead atoms. The predicted molar refractivity (Wildman–Crippen MR) is 77.1 cm³/mol. The maximum absolute atomic E-state index is 11.7. The monoisotopic (exact) mass is 284 g/mol. The molecule has 0 aromatic heterocycles. The number of methoxy groups -OCH3 is 1. The molecule has 4 heteroatoms. The van der Waals surface area contributed by atoms with Gasteiger partial charge in [0.05, 0.1) is 13.0 Å². The lowest BCUT2D eigenvalue weighted by Gasteiger charge is -2.22. The standard InChI is InChI=1S/C17H16O4/c1-20-17(19)14-8-5-9-15(12-14)21-16(18)11-10-13-6-3-2-4-7-13/h2-7,9,14-15H,8,12H2,1H3/t14-,15+/m1/s1. The lowest BCUT2D eigenvalue weighted by molar-refractivity contribution is -0.149. The Kier molecular flexibility index (Phi) is 5.16. The van der Waals surface area contributed by atoms with Crippen LogP contribution in [0.3, 0.4) is 0 Å². The van der Waals surface area contributed by atoms with Gasteiger partial charge in [-0.05, 0) is 24.6 Å². The minimum absolute atomic E-state index is 0.264. The van der Waals surface area contributed by atoms with E-state index in [1.165, 1.54) is 7.11 Å². The molecule has 0 unspecified atom stereocenters. The van der Waals surface area contributed by atoms with Crippen LogP contribution in [-0.2, 0) is 19.1 Å². The summed E-state index contributed by atoms with van der Waals surface area (Å²) in [4.78, 5) is 23.2. The Balaban J connectivity index is 1.91. The van der Waals surface area contributed by atoms with Gasteiger partial charge in [0.15, 0.2) is 0 Å². The molecular formula is C17H16O4. The molecule has 1 aromatic rings. The van der Waals surface area contributed by atoms with Crippen LogP contribution in [0.5, 0.6) is 0 Å². The fraction of sp³-hybridized carbons (Fsp3) is 0.294. The number of rotatable bonds is 2. The second kappa shape index (κ2) is 7.30. The van der Waals surface area contributed by atoms with Crippen LogP contribution in [0.25, 0.3) is 0 Å². The molecule has 1 aliphatic rings. The highest BCUT2D eigenvalue weighted by Gasteiger charge is 2.26. The molecule has 21 heavy (non-hydrogen) atoms. The van der Waals surface area contributed by atoms with Gasteiger partial charge in [-0.15, -0.1) is 0 Å². The Bertz CT molecular complexity index is 592. The smallest absolute Gasteiger partial charge is 0.385 e. The third kappa shape index (κ3) is 4.50. The zero-order valence-electron chi connectivity index (χ0n) is 11.7. The number of allylic oxidation sites excluding steroid dienone is 1. The molecule has 1 aliphatic carbocycles. The molecule has 2 rings (SSSR count). The highest BCUT2D eigenvalue weighted by molar-refractivity contribution is 5.89. The van der Waals surface area contributed by atoms with E-state index in [4.69, 9.17) is 9.47 Å². The van der Waals surface area contributed by atoms with Crippen molar-refractivity contribution in [1.29, 1.82) is 0 Å². The fourth-order valence-corrected chi connectivity index (χ4v) is 2.11. The normalized spacial score (nSPS) is 20.0. The van der Waals surface area contributed by atoms with Crippen LogP contribution in [0, 0.1) is 17.8 Å². The van der Waals surface area contributed by atoms with Crippen molar-refractivity contribution in [3.05, 3.63) is 48.0 Å². The van der Waals surface area contributed by atoms with E-state index in [2.05, 4.69) is 11.8 Å². The average molecular weight is 284 g/mol. The second-order valence-corrected chi connectivity index (χ2v) is 4.68. The molecule has 4 nitrogen and oxygen atoms in total. The number of carbonyl (C=O) groups excluding carboxylic acids is 2. The third-order valence-corrected chi connectivity index (χ3v) is 3.16. The topological polar surface area (TPSA) is 52.6 Å². The van der Waals surface area contributed by atoms with E-state index >= 15 is 0 Å². The van der Waals surface area contributed by atoms with Crippen LogP contribution < -0.4 is 0 Å². The van der Waals surface area contributed by atoms with Crippen LogP contribution in [0.2, 0.25) is 0 Å². The zero-order valence-corrected chi connectivity index (χ0v) is 11.7. The Morgan fingerprint density at radius 2 is 2.00 bits per heavy atom. The van der Waals surface area contributed by atoms with Crippen LogP contribution in [0.4, 0.5) is 0 Å². The minimum atomic E-state index is -0.598. The van der Waals surface area contributed by atoms with Gasteiger partial charge in [-0.3, -0.25) is 4.79 Å². The first kappa shape index (κ1) is 14.9. The molecule has 0 fully saturated rings. The average Bonchev–Trinajstić information content (AvgIpc) is 2.53. The summed E-state index contributed by atoms with van der Waals surface area (Å²) < 4.78 is 9.94. The third-order valence-electron chi connectivity index (χ3n) is 3.16.